The average Bonchev–Trinajstić information content (AvgIpc) is 2.90. The van der Waals surface area contributed by atoms with Crippen molar-refractivity contribution in [3.8, 4) is 11.3 Å². The van der Waals surface area contributed by atoms with Crippen molar-refractivity contribution in [2.75, 3.05) is 0 Å². The van der Waals surface area contributed by atoms with E-state index >= 15 is 0 Å². The van der Waals surface area contributed by atoms with Crippen LogP contribution in [-0.4, -0.2) is 25.5 Å². The zero-order valence-electron chi connectivity index (χ0n) is 13.3. The molecule has 0 saturated carbocycles. The summed E-state index contributed by atoms with van der Waals surface area (Å²) in [4.78, 5) is 0. The van der Waals surface area contributed by atoms with Crippen LogP contribution in [0.5, 0.6) is 0 Å². The zero-order chi connectivity index (χ0) is 14.9. The molecule has 20 heavy (non-hydrogen) atoms. The molecule has 5 nitrogen and oxygen atoms in total. The molecule has 2 rings (SSSR count). The minimum absolute atomic E-state index is 0.0895. The van der Waals surface area contributed by atoms with Gasteiger partial charge in [0.15, 0.2) is 0 Å². The van der Waals surface area contributed by atoms with Crippen molar-refractivity contribution in [2.45, 2.75) is 60.2 Å². The van der Waals surface area contributed by atoms with Gasteiger partial charge in [0.2, 0.25) is 0 Å². The normalized spacial score (nSPS) is 12.1. The Morgan fingerprint density at radius 2 is 2.00 bits per heavy atom. The van der Waals surface area contributed by atoms with E-state index in [2.05, 4.69) is 62.2 Å². The van der Waals surface area contributed by atoms with Crippen molar-refractivity contribution in [2.24, 2.45) is 0 Å². The number of aromatic nitrogens is 4. The van der Waals surface area contributed by atoms with Gasteiger partial charge in [0, 0.05) is 35.4 Å². The molecule has 2 heterocycles. The molecular weight excluding hydrogens is 250 g/mol. The molecule has 0 aliphatic carbocycles. The molecule has 110 valence electrons. The van der Waals surface area contributed by atoms with Crippen molar-refractivity contribution in [3.05, 3.63) is 23.1 Å². The Labute approximate surface area is 120 Å². The Bertz CT molecular complexity index is 586. The summed E-state index contributed by atoms with van der Waals surface area (Å²) in [5.74, 6) is 0. The molecule has 5 heteroatoms. The SMILES string of the molecule is CCn1nc(C)c(-c2[nH]ncc2CNC(C)(C)C)c1C. The minimum atomic E-state index is 0.0895. The molecule has 2 aromatic heterocycles. The molecule has 0 aliphatic heterocycles. The highest BCUT2D eigenvalue weighted by Crippen LogP contribution is 2.28. The van der Waals surface area contributed by atoms with Gasteiger partial charge in [-0.1, -0.05) is 0 Å². The summed E-state index contributed by atoms with van der Waals surface area (Å²) in [6, 6.07) is 0. The number of hydrogen-bond donors (Lipinski definition) is 2. The van der Waals surface area contributed by atoms with Gasteiger partial charge in [-0.2, -0.15) is 10.2 Å². The zero-order valence-corrected chi connectivity index (χ0v) is 13.3. The lowest BCUT2D eigenvalue weighted by atomic mass is 10.0. The van der Waals surface area contributed by atoms with Crippen LogP contribution in [0.2, 0.25) is 0 Å². The number of rotatable bonds is 4. The second-order valence-corrected chi connectivity index (χ2v) is 6.24. The van der Waals surface area contributed by atoms with E-state index in [1.54, 1.807) is 0 Å². The third-order valence-electron chi connectivity index (χ3n) is 3.46. The molecule has 0 fully saturated rings. The van der Waals surface area contributed by atoms with E-state index in [0.29, 0.717) is 0 Å². The summed E-state index contributed by atoms with van der Waals surface area (Å²) in [5, 5.41) is 15.4. The van der Waals surface area contributed by atoms with Gasteiger partial charge < -0.3 is 5.32 Å². The highest BCUT2D eigenvalue weighted by atomic mass is 15.3. The van der Waals surface area contributed by atoms with Crippen molar-refractivity contribution in [1.29, 1.82) is 0 Å². The lowest BCUT2D eigenvalue weighted by molar-refractivity contribution is 0.424. The molecule has 0 aliphatic rings. The molecule has 0 bridgehead atoms. The van der Waals surface area contributed by atoms with Gasteiger partial charge in [0.25, 0.3) is 0 Å². The van der Waals surface area contributed by atoms with Crippen LogP contribution in [0.25, 0.3) is 11.3 Å². The first-order valence-electron chi connectivity index (χ1n) is 7.15. The third kappa shape index (κ3) is 2.93. The topological polar surface area (TPSA) is 58.5 Å². The van der Waals surface area contributed by atoms with E-state index < -0.39 is 0 Å². The molecule has 0 unspecified atom stereocenters. The van der Waals surface area contributed by atoms with Crippen LogP contribution in [0.3, 0.4) is 0 Å². The maximum Gasteiger partial charge on any atom is 0.0732 e. The molecule has 0 saturated heterocycles. The van der Waals surface area contributed by atoms with Crippen molar-refractivity contribution in [3.63, 3.8) is 0 Å². The number of aryl methyl sites for hydroxylation is 2. The predicted octanol–water partition coefficient (Wildman–Crippen LogP) is 2.80. The second-order valence-electron chi connectivity index (χ2n) is 6.24. The molecule has 0 amide bonds. The van der Waals surface area contributed by atoms with Gasteiger partial charge in [0.1, 0.15) is 0 Å². The van der Waals surface area contributed by atoms with Gasteiger partial charge in [0.05, 0.1) is 17.6 Å². The van der Waals surface area contributed by atoms with Gasteiger partial charge >= 0.3 is 0 Å². The summed E-state index contributed by atoms with van der Waals surface area (Å²) in [6.07, 6.45) is 1.90. The van der Waals surface area contributed by atoms with Crippen LogP contribution >= 0.6 is 0 Å². The quantitative estimate of drug-likeness (QED) is 0.902. The Morgan fingerprint density at radius 3 is 2.55 bits per heavy atom. The van der Waals surface area contributed by atoms with Crippen LogP contribution in [-0.2, 0) is 13.1 Å². The highest BCUT2D eigenvalue weighted by Gasteiger charge is 2.18. The number of nitrogens with one attached hydrogen (secondary N) is 2. The lowest BCUT2D eigenvalue weighted by Gasteiger charge is -2.20. The fraction of sp³-hybridized carbons (Fsp3) is 0.600. The fourth-order valence-corrected chi connectivity index (χ4v) is 2.39. The Balaban J connectivity index is 2.35. The summed E-state index contributed by atoms with van der Waals surface area (Å²) in [6.45, 7) is 14.5. The van der Waals surface area contributed by atoms with Gasteiger partial charge in [-0.3, -0.25) is 9.78 Å². The van der Waals surface area contributed by atoms with E-state index in [1.807, 2.05) is 10.9 Å². The van der Waals surface area contributed by atoms with E-state index in [1.165, 1.54) is 16.8 Å². The van der Waals surface area contributed by atoms with Gasteiger partial charge in [-0.15, -0.1) is 0 Å². The molecule has 0 spiro atoms. The lowest BCUT2D eigenvalue weighted by Crippen LogP contribution is -2.35. The van der Waals surface area contributed by atoms with Crippen LogP contribution in [0.4, 0.5) is 0 Å². The molecule has 2 aromatic rings. The fourth-order valence-electron chi connectivity index (χ4n) is 2.39. The van der Waals surface area contributed by atoms with Crippen molar-refractivity contribution < 1.29 is 0 Å². The Kier molecular flexibility index (Phi) is 3.99. The number of aromatic amines is 1. The maximum absolute atomic E-state index is 4.58. The van der Waals surface area contributed by atoms with Crippen LogP contribution in [0.1, 0.15) is 44.6 Å². The van der Waals surface area contributed by atoms with Crippen LogP contribution < -0.4 is 5.32 Å². The Hall–Kier alpha value is -1.62. The monoisotopic (exact) mass is 275 g/mol. The smallest absolute Gasteiger partial charge is 0.0732 e. The summed E-state index contributed by atoms with van der Waals surface area (Å²) in [5.41, 5.74) is 5.76. The van der Waals surface area contributed by atoms with E-state index in [-0.39, 0.29) is 5.54 Å². The van der Waals surface area contributed by atoms with Crippen LogP contribution in [0.15, 0.2) is 6.20 Å². The molecule has 0 atom stereocenters. The standard InChI is InChI=1S/C15H25N5/c1-7-20-11(3)13(10(2)19-20)14-12(9-17-18-14)8-16-15(4,5)6/h9,16H,7-8H2,1-6H3,(H,17,18). The van der Waals surface area contributed by atoms with Crippen molar-refractivity contribution >= 4 is 0 Å². The first kappa shape index (κ1) is 14.8. The molecule has 2 N–H and O–H groups in total. The molecular formula is C15H25N5. The third-order valence-corrected chi connectivity index (χ3v) is 3.46. The van der Waals surface area contributed by atoms with Crippen LogP contribution in [0, 0.1) is 13.8 Å². The molecule has 0 aromatic carbocycles. The predicted molar refractivity (Wildman–Crippen MR) is 81.5 cm³/mol. The van der Waals surface area contributed by atoms with Gasteiger partial charge in [-0.25, -0.2) is 0 Å². The van der Waals surface area contributed by atoms with Gasteiger partial charge in [-0.05, 0) is 41.5 Å². The van der Waals surface area contributed by atoms with E-state index in [9.17, 15) is 0 Å². The summed E-state index contributed by atoms with van der Waals surface area (Å²) in [7, 11) is 0. The average molecular weight is 275 g/mol. The Morgan fingerprint density at radius 1 is 1.30 bits per heavy atom. The number of H-pyrrole nitrogens is 1. The first-order valence-corrected chi connectivity index (χ1v) is 7.15. The minimum Gasteiger partial charge on any atom is -0.308 e. The second kappa shape index (κ2) is 5.40. The number of hydrogen-bond acceptors (Lipinski definition) is 3. The van der Waals surface area contributed by atoms with E-state index in [0.717, 1.165) is 24.5 Å². The maximum atomic E-state index is 4.58. The molecule has 0 radical (unpaired) electrons. The number of nitrogens with zero attached hydrogens (tertiary/aromatic N) is 3. The highest BCUT2D eigenvalue weighted by molar-refractivity contribution is 5.67. The first-order chi connectivity index (χ1) is 9.33. The largest absolute Gasteiger partial charge is 0.308 e. The van der Waals surface area contributed by atoms with Crippen molar-refractivity contribution in [1.82, 2.24) is 25.3 Å². The summed E-state index contributed by atoms with van der Waals surface area (Å²) < 4.78 is 2.03. The summed E-state index contributed by atoms with van der Waals surface area (Å²) >= 11 is 0. The van der Waals surface area contributed by atoms with E-state index in [4.69, 9.17) is 0 Å².